The molecule has 0 aliphatic heterocycles. The van der Waals surface area contributed by atoms with Crippen molar-refractivity contribution in [1.29, 1.82) is 0 Å². The van der Waals surface area contributed by atoms with Gasteiger partial charge in [-0.25, -0.2) is 0 Å². The van der Waals surface area contributed by atoms with Gasteiger partial charge in [-0.3, -0.25) is 10.1 Å². The Morgan fingerprint density at radius 2 is 2.00 bits per heavy atom. The largest absolute Gasteiger partial charge is 0.269 e. The average Bonchev–Trinajstić information content (AvgIpc) is 2.65. The van der Waals surface area contributed by atoms with E-state index in [-0.39, 0.29) is 5.69 Å². The minimum atomic E-state index is -0.424. The fourth-order valence-corrected chi connectivity index (χ4v) is 2.81. The molecule has 0 amide bonds. The highest BCUT2D eigenvalue weighted by Gasteiger charge is 2.06. The van der Waals surface area contributed by atoms with Gasteiger partial charge >= 0.3 is 0 Å². The number of hydrogen-bond acceptors (Lipinski definition) is 6. The Labute approximate surface area is 98.2 Å². The number of benzene rings is 1. The van der Waals surface area contributed by atoms with E-state index in [1.54, 1.807) is 12.1 Å². The lowest BCUT2D eigenvalue weighted by atomic mass is 10.2. The number of nitrogens with zero attached hydrogens (tertiary/aromatic N) is 2. The molecule has 0 aliphatic rings. The van der Waals surface area contributed by atoms with Crippen molar-refractivity contribution in [2.45, 2.75) is 0 Å². The van der Waals surface area contributed by atoms with Gasteiger partial charge in [-0.2, -0.15) is 4.37 Å². The molecule has 0 saturated carbocycles. The molecule has 0 radical (unpaired) electrons. The highest BCUT2D eigenvalue weighted by molar-refractivity contribution is 7.76. The van der Waals surface area contributed by atoms with E-state index in [0.29, 0.717) is 0 Å². The van der Waals surface area contributed by atoms with E-state index in [1.165, 1.54) is 35.0 Å². The highest BCUT2D eigenvalue weighted by Crippen LogP contribution is 2.26. The molecule has 0 unspecified atom stereocenters. The second kappa shape index (κ2) is 4.13. The van der Waals surface area contributed by atoms with Gasteiger partial charge in [0.1, 0.15) is 5.01 Å². The zero-order valence-electron chi connectivity index (χ0n) is 7.25. The summed E-state index contributed by atoms with van der Waals surface area (Å²) in [5, 5.41) is 11.2. The minimum Gasteiger partial charge on any atom is -0.258 e. The van der Waals surface area contributed by atoms with E-state index in [4.69, 9.17) is 12.2 Å². The molecule has 2 rings (SSSR count). The van der Waals surface area contributed by atoms with Gasteiger partial charge < -0.3 is 0 Å². The van der Waals surface area contributed by atoms with E-state index < -0.39 is 4.92 Å². The van der Waals surface area contributed by atoms with E-state index in [9.17, 15) is 10.1 Å². The summed E-state index contributed by atoms with van der Waals surface area (Å²) < 4.78 is 4.90. The predicted molar refractivity (Wildman–Crippen MR) is 62.9 cm³/mol. The van der Waals surface area contributed by atoms with Gasteiger partial charge in [0.2, 0.25) is 0 Å². The van der Waals surface area contributed by atoms with Crippen LogP contribution in [0.2, 0.25) is 0 Å². The lowest BCUT2D eigenvalue weighted by molar-refractivity contribution is -0.384. The molecule has 0 N–H and O–H groups in total. The molecule has 76 valence electrons. The second-order valence-corrected chi connectivity index (χ2v) is 5.60. The first kappa shape index (κ1) is 10.3. The van der Waals surface area contributed by atoms with Crippen molar-refractivity contribution < 1.29 is 4.92 Å². The topological polar surface area (TPSA) is 56.0 Å². The molecule has 1 heterocycles. The zero-order chi connectivity index (χ0) is 10.8. The quantitative estimate of drug-likeness (QED) is 0.468. The fraction of sp³-hybridized carbons (Fsp3) is 0. The van der Waals surface area contributed by atoms with Crippen molar-refractivity contribution >= 4 is 40.8 Å². The van der Waals surface area contributed by atoms with Crippen LogP contribution in [0.4, 0.5) is 5.69 Å². The van der Waals surface area contributed by atoms with Gasteiger partial charge in [-0.1, -0.05) is 23.6 Å². The van der Waals surface area contributed by atoms with Crippen LogP contribution in [0.1, 0.15) is 0 Å². The maximum atomic E-state index is 10.4. The molecule has 1 aromatic heterocycles. The zero-order valence-corrected chi connectivity index (χ0v) is 9.69. The highest BCUT2D eigenvalue weighted by atomic mass is 32.2. The first-order chi connectivity index (χ1) is 7.16. The van der Waals surface area contributed by atoms with Gasteiger partial charge in [-0.05, 0) is 23.7 Å². The summed E-state index contributed by atoms with van der Waals surface area (Å²) in [5.41, 5.74) is 0.940. The Balaban J connectivity index is 2.39. The number of nitro groups is 1. The van der Waals surface area contributed by atoms with Crippen LogP contribution in [0.3, 0.4) is 0 Å². The first-order valence-electron chi connectivity index (χ1n) is 3.88. The van der Waals surface area contributed by atoms with Crippen LogP contribution in [-0.4, -0.2) is 9.30 Å². The Morgan fingerprint density at radius 3 is 2.47 bits per heavy atom. The molecule has 0 fully saturated rings. The van der Waals surface area contributed by atoms with E-state index in [0.717, 1.165) is 13.7 Å². The Morgan fingerprint density at radius 1 is 1.33 bits per heavy atom. The van der Waals surface area contributed by atoms with Crippen LogP contribution in [0.25, 0.3) is 10.6 Å². The molecule has 0 saturated heterocycles. The molecule has 0 spiro atoms. The Kier molecular flexibility index (Phi) is 2.85. The van der Waals surface area contributed by atoms with Crippen molar-refractivity contribution in [3.8, 4) is 10.6 Å². The van der Waals surface area contributed by atoms with E-state index in [1.807, 2.05) is 0 Å². The third kappa shape index (κ3) is 2.25. The number of rotatable bonds is 2. The summed E-state index contributed by atoms with van der Waals surface area (Å²) in [4.78, 5) is 10.0. The predicted octanol–water partition coefficient (Wildman–Crippen LogP) is 3.51. The minimum absolute atomic E-state index is 0.0811. The summed E-state index contributed by atoms with van der Waals surface area (Å²) in [5.74, 6) is 0. The average molecular weight is 256 g/mol. The molecule has 0 atom stereocenters. The SMILES string of the molecule is O=[N+]([O-])c1ccc(-c2nsc(=S)s2)cc1. The van der Waals surface area contributed by atoms with E-state index in [2.05, 4.69) is 4.37 Å². The number of hydrogen-bond donors (Lipinski definition) is 0. The molecule has 1 aromatic carbocycles. The molecule has 4 nitrogen and oxygen atoms in total. The number of nitro benzene ring substituents is 1. The summed E-state index contributed by atoms with van der Waals surface area (Å²) in [7, 11) is 0. The van der Waals surface area contributed by atoms with Crippen LogP contribution in [-0.2, 0) is 0 Å². The van der Waals surface area contributed by atoms with Gasteiger partial charge in [0.25, 0.3) is 5.69 Å². The van der Waals surface area contributed by atoms with Crippen molar-refractivity contribution in [3.63, 3.8) is 0 Å². The smallest absolute Gasteiger partial charge is 0.258 e. The fourth-order valence-electron chi connectivity index (χ4n) is 1.03. The Hall–Kier alpha value is -1.18. The molecule has 2 aromatic rings. The van der Waals surface area contributed by atoms with Gasteiger partial charge in [0, 0.05) is 17.7 Å². The van der Waals surface area contributed by atoms with Crippen molar-refractivity contribution in [3.05, 3.63) is 37.5 Å². The molecular weight excluding hydrogens is 252 g/mol. The van der Waals surface area contributed by atoms with Crippen molar-refractivity contribution in [2.24, 2.45) is 0 Å². The molecule has 0 aliphatic carbocycles. The third-order valence-corrected chi connectivity index (χ3v) is 3.88. The van der Waals surface area contributed by atoms with Gasteiger partial charge in [0.15, 0.2) is 3.14 Å². The maximum absolute atomic E-state index is 10.4. The van der Waals surface area contributed by atoms with Crippen molar-refractivity contribution in [1.82, 2.24) is 4.37 Å². The first-order valence-corrected chi connectivity index (χ1v) is 5.88. The summed E-state index contributed by atoms with van der Waals surface area (Å²) in [6.07, 6.45) is 0. The van der Waals surface area contributed by atoms with Crippen LogP contribution in [0.15, 0.2) is 24.3 Å². The van der Waals surface area contributed by atoms with Crippen molar-refractivity contribution in [2.75, 3.05) is 0 Å². The summed E-state index contributed by atoms with van der Waals surface area (Å²) in [6.45, 7) is 0. The maximum Gasteiger partial charge on any atom is 0.269 e. The summed E-state index contributed by atoms with van der Waals surface area (Å²) >= 11 is 7.63. The van der Waals surface area contributed by atoms with Gasteiger partial charge in [-0.15, -0.1) is 0 Å². The standard InChI is InChI=1S/C8H4N2O2S3/c11-10(12)6-3-1-5(2-4-6)7-9-15-8(13)14-7/h1-4H. The normalized spacial score (nSPS) is 10.1. The lowest BCUT2D eigenvalue weighted by Crippen LogP contribution is -1.86. The third-order valence-electron chi connectivity index (χ3n) is 1.71. The summed E-state index contributed by atoms with van der Waals surface area (Å²) in [6, 6.07) is 6.28. The molecule has 7 heteroatoms. The van der Waals surface area contributed by atoms with Crippen LogP contribution < -0.4 is 0 Å². The number of non-ortho nitro benzene ring substituents is 1. The lowest BCUT2D eigenvalue weighted by Gasteiger charge is -1.94. The van der Waals surface area contributed by atoms with E-state index >= 15 is 0 Å². The second-order valence-electron chi connectivity index (χ2n) is 2.64. The number of aromatic nitrogens is 1. The van der Waals surface area contributed by atoms with Crippen LogP contribution >= 0.6 is 35.1 Å². The molecule has 15 heavy (non-hydrogen) atoms. The van der Waals surface area contributed by atoms with Gasteiger partial charge in [0.05, 0.1) is 4.92 Å². The monoisotopic (exact) mass is 256 g/mol. The Bertz CT molecular complexity index is 544. The molecular formula is C8H4N2O2S3. The van der Waals surface area contributed by atoms with Crippen LogP contribution in [0, 0.1) is 13.3 Å². The molecule has 0 bridgehead atoms. The van der Waals surface area contributed by atoms with Crippen LogP contribution in [0.5, 0.6) is 0 Å².